The van der Waals surface area contributed by atoms with Gasteiger partial charge < -0.3 is 11.1 Å². The molecule has 0 saturated carbocycles. The summed E-state index contributed by atoms with van der Waals surface area (Å²) >= 11 is 14.4. The Balaban J connectivity index is 2.16. The summed E-state index contributed by atoms with van der Waals surface area (Å²) in [6, 6.07) is 10.1. The van der Waals surface area contributed by atoms with Gasteiger partial charge in [-0.05, 0) is 46.3 Å². The molecule has 0 aliphatic heterocycles. The summed E-state index contributed by atoms with van der Waals surface area (Å²) in [6.07, 6.45) is 0. The maximum absolute atomic E-state index is 6.05. The van der Waals surface area contributed by atoms with Crippen molar-refractivity contribution in [1.29, 1.82) is 0 Å². The molecule has 0 saturated heterocycles. The zero-order valence-corrected chi connectivity index (χ0v) is 14.0. The molecule has 18 heavy (non-hydrogen) atoms. The smallest absolute Gasteiger partial charge is 0.107 e. The highest BCUT2D eigenvalue weighted by molar-refractivity contribution is 9.10. The van der Waals surface area contributed by atoms with Gasteiger partial charge in [0.05, 0.1) is 6.04 Å². The first-order valence-corrected chi connectivity index (χ1v) is 8.05. The minimum absolute atomic E-state index is 0.0694. The summed E-state index contributed by atoms with van der Waals surface area (Å²) in [5.74, 6) is 0. The van der Waals surface area contributed by atoms with E-state index < -0.39 is 0 Å². The number of rotatable bonds is 4. The third-order valence-electron chi connectivity index (χ3n) is 2.43. The van der Waals surface area contributed by atoms with Gasteiger partial charge in [-0.2, -0.15) is 0 Å². The first-order valence-electron chi connectivity index (χ1n) is 5.27. The first-order chi connectivity index (χ1) is 8.60. The standard InChI is InChI=1S/C12H11Br2ClN2S/c13-7-1-3-8(4-2-7)17-10(6-16)11-5-9(14)12(15)18-11/h1-5,10,17H,6,16H2. The number of hydrogen-bond donors (Lipinski definition) is 2. The maximum Gasteiger partial charge on any atom is 0.107 e. The number of benzene rings is 1. The number of halogens is 3. The summed E-state index contributed by atoms with van der Waals surface area (Å²) in [7, 11) is 0. The molecule has 3 N–H and O–H groups in total. The molecule has 6 heteroatoms. The summed E-state index contributed by atoms with van der Waals surface area (Å²) in [5, 5.41) is 3.40. The number of nitrogens with one attached hydrogen (secondary N) is 1. The highest BCUT2D eigenvalue weighted by atomic mass is 79.9. The number of hydrogen-bond acceptors (Lipinski definition) is 3. The summed E-state index contributed by atoms with van der Waals surface area (Å²) in [4.78, 5) is 1.12. The van der Waals surface area contributed by atoms with Crippen LogP contribution in [0.3, 0.4) is 0 Å². The van der Waals surface area contributed by atoms with E-state index in [9.17, 15) is 0 Å². The lowest BCUT2D eigenvalue weighted by Gasteiger charge is -2.16. The van der Waals surface area contributed by atoms with E-state index >= 15 is 0 Å². The van der Waals surface area contributed by atoms with Crippen LogP contribution in [0.1, 0.15) is 10.9 Å². The lowest BCUT2D eigenvalue weighted by Crippen LogP contribution is -2.19. The number of thiophene rings is 1. The predicted octanol–water partition coefficient (Wildman–Crippen LogP) is 5.04. The second-order valence-electron chi connectivity index (χ2n) is 3.71. The van der Waals surface area contributed by atoms with Gasteiger partial charge in [0.1, 0.15) is 4.34 Å². The largest absolute Gasteiger partial charge is 0.376 e. The van der Waals surface area contributed by atoms with Crippen LogP contribution in [0.15, 0.2) is 39.3 Å². The molecule has 0 aliphatic carbocycles. The molecule has 96 valence electrons. The number of nitrogens with two attached hydrogens (primary N) is 1. The Hall–Kier alpha value is -0.0700. The Bertz CT molecular complexity index is 508. The van der Waals surface area contributed by atoms with Crippen molar-refractivity contribution >= 4 is 60.5 Å². The Morgan fingerprint density at radius 3 is 2.44 bits per heavy atom. The molecule has 2 nitrogen and oxygen atoms in total. The molecule has 1 aromatic heterocycles. The van der Waals surface area contributed by atoms with E-state index in [1.165, 1.54) is 11.3 Å². The van der Waals surface area contributed by atoms with Gasteiger partial charge in [0, 0.05) is 26.1 Å². The third-order valence-corrected chi connectivity index (χ3v) is 5.55. The van der Waals surface area contributed by atoms with E-state index in [0.29, 0.717) is 6.54 Å². The Kier molecular flexibility index (Phi) is 5.09. The Morgan fingerprint density at radius 1 is 1.28 bits per heavy atom. The molecule has 0 spiro atoms. The summed E-state index contributed by atoms with van der Waals surface area (Å²) in [6.45, 7) is 0.513. The van der Waals surface area contributed by atoms with Crippen LogP contribution in [0.5, 0.6) is 0 Å². The molecule has 1 unspecified atom stereocenters. The highest BCUT2D eigenvalue weighted by Crippen LogP contribution is 2.36. The SMILES string of the molecule is NCC(Nc1ccc(Br)cc1)c1cc(Br)c(Cl)s1. The molecule has 2 aromatic rings. The minimum atomic E-state index is 0.0694. The predicted molar refractivity (Wildman–Crippen MR) is 86.6 cm³/mol. The van der Waals surface area contributed by atoms with Crippen molar-refractivity contribution in [2.75, 3.05) is 11.9 Å². The van der Waals surface area contributed by atoms with E-state index in [1.807, 2.05) is 30.3 Å². The lowest BCUT2D eigenvalue weighted by atomic mass is 10.2. The second kappa shape index (κ2) is 6.39. The second-order valence-corrected chi connectivity index (χ2v) is 7.17. The molecule has 0 aliphatic rings. The quantitative estimate of drug-likeness (QED) is 0.741. The van der Waals surface area contributed by atoms with Gasteiger partial charge >= 0.3 is 0 Å². The minimum Gasteiger partial charge on any atom is -0.376 e. The van der Waals surface area contributed by atoms with Crippen molar-refractivity contribution in [3.05, 3.63) is 48.5 Å². The topological polar surface area (TPSA) is 38.0 Å². The van der Waals surface area contributed by atoms with Gasteiger partial charge in [-0.25, -0.2) is 0 Å². The average Bonchev–Trinajstić information content (AvgIpc) is 2.69. The average molecular weight is 411 g/mol. The zero-order valence-electron chi connectivity index (χ0n) is 9.29. The Morgan fingerprint density at radius 2 is 1.94 bits per heavy atom. The molecular formula is C12H11Br2ClN2S. The van der Waals surface area contributed by atoms with Gasteiger partial charge in [0.25, 0.3) is 0 Å². The zero-order chi connectivity index (χ0) is 13.1. The van der Waals surface area contributed by atoms with E-state index in [0.717, 1.165) is 23.8 Å². The van der Waals surface area contributed by atoms with Crippen molar-refractivity contribution < 1.29 is 0 Å². The number of anilines is 1. The fourth-order valence-corrected chi connectivity index (χ4v) is 3.59. The monoisotopic (exact) mass is 408 g/mol. The van der Waals surface area contributed by atoms with Crippen LogP contribution in [0, 0.1) is 0 Å². The molecule has 0 fully saturated rings. The Labute approximate surface area is 132 Å². The van der Waals surface area contributed by atoms with Crippen LogP contribution in [0.4, 0.5) is 5.69 Å². The van der Waals surface area contributed by atoms with Crippen LogP contribution in [0.2, 0.25) is 4.34 Å². The van der Waals surface area contributed by atoms with Gasteiger partial charge in [-0.1, -0.05) is 27.5 Å². The van der Waals surface area contributed by atoms with E-state index in [-0.39, 0.29) is 6.04 Å². The summed E-state index contributed by atoms with van der Waals surface area (Å²) < 4.78 is 2.72. The van der Waals surface area contributed by atoms with Crippen LogP contribution in [-0.4, -0.2) is 6.54 Å². The normalized spacial score (nSPS) is 12.4. The first kappa shape index (κ1) is 14.3. The van der Waals surface area contributed by atoms with Crippen LogP contribution >= 0.6 is 54.8 Å². The molecule has 0 bridgehead atoms. The molecule has 0 amide bonds. The van der Waals surface area contributed by atoms with Crippen LogP contribution in [-0.2, 0) is 0 Å². The maximum atomic E-state index is 6.05. The molecule has 0 radical (unpaired) electrons. The molecule has 2 rings (SSSR count). The van der Waals surface area contributed by atoms with Gasteiger partial charge in [0.2, 0.25) is 0 Å². The molecule has 1 heterocycles. The molecular weight excluding hydrogens is 399 g/mol. The van der Waals surface area contributed by atoms with E-state index in [1.54, 1.807) is 0 Å². The van der Waals surface area contributed by atoms with Crippen LogP contribution in [0.25, 0.3) is 0 Å². The van der Waals surface area contributed by atoms with Crippen molar-refractivity contribution in [3.8, 4) is 0 Å². The third kappa shape index (κ3) is 3.48. The van der Waals surface area contributed by atoms with Crippen molar-refractivity contribution in [1.82, 2.24) is 0 Å². The molecule has 1 atom stereocenters. The van der Waals surface area contributed by atoms with E-state index in [2.05, 4.69) is 37.2 Å². The lowest BCUT2D eigenvalue weighted by molar-refractivity contribution is 0.805. The summed E-state index contributed by atoms with van der Waals surface area (Å²) in [5.41, 5.74) is 6.85. The van der Waals surface area contributed by atoms with E-state index in [4.69, 9.17) is 17.3 Å². The van der Waals surface area contributed by atoms with Gasteiger partial charge in [-0.15, -0.1) is 11.3 Å². The van der Waals surface area contributed by atoms with Crippen LogP contribution < -0.4 is 11.1 Å². The van der Waals surface area contributed by atoms with Crippen molar-refractivity contribution in [2.24, 2.45) is 5.73 Å². The van der Waals surface area contributed by atoms with Gasteiger partial charge in [-0.3, -0.25) is 0 Å². The fourth-order valence-electron chi connectivity index (χ4n) is 1.53. The van der Waals surface area contributed by atoms with Crippen molar-refractivity contribution in [3.63, 3.8) is 0 Å². The van der Waals surface area contributed by atoms with Gasteiger partial charge in [0.15, 0.2) is 0 Å². The molecule has 1 aromatic carbocycles. The fraction of sp³-hybridized carbons (Fsp3) is 0.167. The highest BCUT2D eigenvalue weighted by Gasteiger charge is 2.14. The van der Waals surface area contributed by atoms with Crippen molar-refractivity contribution in [2.45, 2.75) is 6.04 Å².